The number of alkyl halides is 3. The molecule has 0 unspecified atom stereocenters. The van der Waals surface area contributed by atoms with Crippen LogP contribution in [0.15, 0.2) is 6.07 Å². The molecule has 0 spiro atoms. The van der Waals surface area contributed by atoms with Gasteiger partial charge in [-0.15, -0.1) is 0 Å². The number of anilines is 2. The maximum Gasteiger partial charge on any atom is 0.433 e. The van der Waals surface area contributed by atoms with Crippen molar-refractivity contribution in [2.75, 3.05) is 10.6 Å². The van der Waals surface area contributed by atoms with Gasteiger partial charge >= 0.3 is 6.18 Å². The van der Waals surface area contributed by atoms with Crippen molar-refractivity contribution >= 4 is 11.8 Å². The fourth-order valence-electron chi connectivity index (χ4n) is 1.44. The van der Waals surface area contributed by atoms with Crippen LogP contribution in [-0.4, -0.2) is 22.1 Å². The van der Waals surface area contributed by atoms with Gasteiger partial charge in [-0.25, -0.2) is 4.98 Å². The van der Waals surface area contributed by atoms with E-state index in [4.69, 9.17) is 0 Å². The van der Waals surface area contributed by atoms with E-state index in [0.717, 1.165) is 18.9 Å². The third kappa shape index (κ3) is 3.48. The lowest BCUT2D eigenvalue weighted by molar-refractivity contribution is -0.141. The molecule has 1 aliphatic carbocycles. The highest BCUT2D eigenvalue weighted by atomic mass is 19.4. The van der Waals surface area contributed by atoms with Gasteiger partial charge in [0.1, 0.15) is 5.82 Å². The minimum Gasteiger partial charge on any atom is -0.368 e. The Labute approximate surface area is 103 Å². The second-order valence-corrected chi connectivity index (χ2v) is 4.68. The molecular weight excluding hydrogens is 245 g/mol. The number of hydrogen-bond acceptors (Lipinski definition) is 4. The number of nitrogens with zero attached hydrogens (tertiary/aromatic N) is 2. The van der Waals surface area contributed by atoms with Gasteiger partial charge in [-0.2, -0.15) is 18.2 Å². The molecule has 0 amide bonds. The van der Waals surface area contributed by atoms with Crippen LogP contribution in [0.2, 0.25) is 0 Å². The predicted octanol–water partition coefficient (Wildman–Crippen LogP) is 2.89. The molecule has 0 bridgehead atoms. The summed E-state index contributed by atoms with van der Waals surface area (Å²) in [5.74, 6) is 0.228. The van der Waals surface area contributed by atoms with Crippen molar-refractivity contribution < 1.29 is 13.2 Å². The van der Waals surface area contributed by atoms with E-state index in [1.807, 2.05) is 13.8 Å². The second-order valence-electron chi connectivity index (χ2n) is 4.68. The van der Waals surface area contributed by atoms with Crippen molar-refractivity contribution in [3.63, 3.8) is 0 Å². The summed E-state index contributed by atoms with van der Waals surface area (Å²) in [4.78, 5) is 7.54. The summed E-state index contributed by atoms with van der Waals surface area (Å²) < 4.78 is 38.1. The SMILES string of the molecule is CC(C)Nc1cc(C(F)(F)F)nc(NC2CC2)n1. The van der Waals surface area contributed by atoms with Gasteiger partial charge in [0.25, 0.3) is 0 Å². The first kappa shape index (κ1) is 12.9. The first-order chi connectivity index (χ1) is 8.34. The molecule has 0 saturated heterocycles. The third-order valence-electron chi connectivity index (χ3n) is 2.36. The lowest BCUT2D eigenvalue weighted by Crippen LogP contribution is -2.17. The third-order valence-corrected chi connectivity index (χ3v) is 2.36. The Hall–Kier alpha value is -1.53. The zero-order valence-electron chi connectivity index (χ0n) is 10.2. The van der Waals surface area contributed by atoms with E-state index < -0.39 is 11.9 Å². The zero-order chi connectivity index (χ0) is 13.3. The summed E-state index contributed by atoms with van der Waals surface area (Å²) in [7, 11) is 0. The molecular formula is C11H15F3N4. The molecule has 2 N–H and O–H groups in total. The molecule has 1 aromatic rings. The molecule has 1 saturated carbocycles. The van der Waals surface area contributed by atoms with Gasteiger partial charge in [0.2, 0.25) is 5.95 Å². The van der Waals surface area contributed by atoms with Gasteiger partial charge < -0.3 is 10.6 Å². The largest absolute Gasteiger partial charge is 0.433 e. The standard InChI is InChI=1S/C11H15F3N4/c1-6(2)15-9-5-8(11(12,13)14)17-10(18-9)16-7-3-4-7/h5-7H,3-4H2,1-2H3,(H2,15,16,17,18). The summed E-state index contributed by atoms with van der Waals surface area (Å²) in [6, 6.07) is 1.15. The van der Waals surface area contributed by atoms with Crippen LogP contribution in [0.5, 0.6) is 0 Å². The summed E-state index contributed by atoms with van der Waals surface area (Å²) in [6.45, 7) is 3.67. The monoisotopic (exact) mass is 260 g/mol. The Balaban J connectivity index is 2.27. The Bertz CT molecular complexity index is 405. The Morgan fingerprint density at radius 3 is 2.44 bits per heavy atom. The number of nitrogens with one attached hydrogen (secondary N) is 2. The summed E-state index contributed by atoms with van der Waals surface area (Å²) in [5.41, 5.74) is -0.927. The summed E-state index contributed by atoms with van der Waals surface area (Å²) in [6.07, 6.45) is -2.56. The van der Waals surface area contributed by atoms with Crippen LogP contribution >= 0.6 is 0 Å². The first-order valence-corrected chi connectivity index (χ1v) is 5.84. The molecule has 1 aliphatic rings. The number of hydrogen-bond donors (Lipinski definition) is 2. The van der Waals surface area contributed by atoms with E-state index in [9.17, 15) is 13.2 Å². The van der Waals surface area contributed by atoms with Gasteiger partial charge in [0, 0.05) is 18.2 Å². The van der Waals surface area contributed by atoms with E-state index in [0.29, 0.717) is 0 Å². The predicted molar refractivity (Wildman–Crippen MR) is 62.4 cm³/mol. The van der Waals surface area contributed by atoms with E-state index in [1.165, 1.54) is 0 Å². The molecule has 18 heavy (non-hydrogen) atoms. The molecule has 100 valence electrons. The quantitative estimate of drug-likeness (QED) is 0.874. The Kier molecular flexibility index (Phi) is 3.32. The molecule has 2 rings (SSSR count). The lowest BCUT2D eigenvalue weighted by Gasteiger charge is -2.14. The highest BCUT2D eigenvalue weighted by Gasteiger charge is 2.34. The Morgan fingerprint density at radius 2 is 1.94 bits per heavy atom. The molecule has 1 heterocycles. The minimum atomic E-state index is -4.46. The summed E-state index contributed by atoms with van der Waals surface area (Å²) in [5, 5.41) is 5.74. The van der Waals surface area contributed by atoms with Crippen LogP contribution in [0.4, 0.5) is 24.9 Å². The van der Waals surface area contributed by atoms with Gasteiger partial charge in [-0.1, -0.05) is 0 Å². The topological polar surface area (TPSA) is 49.8 Å². The second kappa shape index (κ2) is 4.62. The maximum atomic E-state index is 12.7. The average molecular weight is 260 g/mol. The molecule has 1 aromatic heterocycles. The molecule has 0 radical (unpaired) electrons. The molecule has 0 aliphatic heterocycles. The van der Waals surface area contributed by atoms with Crippen LogP contribution < -0.4 is 10.6 Å². The fourth-order valence-corrected chi connectivity index (χ4v) is 1.44. The molecule has 1 fully saturated rings. The average Bonchev–Trinajstić information content (AvgIpc) is 2.98. The minimum absolute atomic E-state index is 0.00904. The molecule has 4 nitrogen and oxygen atoms in total. The smallest absolute Gasteiger partial charge is 0.368 e. The van der Waals surface area contributed by atoms with Crippen LogP contribution in [-0.2, 0) is 6.18 Å². The van der Waals surface area contributed by atoms with Crippen LogP contribution in [0.25, 0.3) is 0 Å². The molecule has 7 heteroatoms. The van der Waals surface area contributed by atoms with E-state index in [2.05, 4.69) is 20.6 Å². The highest BCUT2D eigenvalue weighted by molar-refractivity contribution is 5.44. The lowest BCUT2D eigenvalue weighted by atomic mass is 10.3. The Morgan fingerprint density at radius 1 is 1.28 bits per heavy atom. The zero-order valence-corrected chi connectivity index (χ0v) is 10.2. The van der Waals surface area contributed by atoms with Crippen LogP contribution in [0.1, 0.15) is 32.4 Å². The van der Waals surface area contributed by atoms with Gasteiger partial charge in [-0.3, -0.25) is 0 Å². The normalized spacial score (nSPS) is 15.9. The fraction of sp³-hybridized carbons (Fsp3) is 0.636. The summed E-state index contributed by atoms with van der Waals surface area (Å²) >= 11 is 0. The first-order valence-electron chi connectivity index (χ1n) is 5.84. The highest BCUT2D eigenvalue weighted by Crippen LogP contribution is 2.31. The van der Waals surface area contributed by atoms with Crippen LogP contribution in [0.3, 0.4) is 0 Å². The van der Waals surface area contributed by atoms with Crippen molar-refractivity contribution in [3.8, 4) is 0 Å². The molecule has 0 aromatic carbocycles. The van der Waals surface area contributed by atoms with E-state index in [-0.39, 0.29) is 23.8 Å². The van der Waals surface area contributed by atoms with Gasteiger partial charge in [-0.05, 0) is 26.7 Å². The van der Waals surface area contributed by atoms with Crippen molar-refractivity contribution in [1.29, 1.82) is 0 Å². The van der Waals surface area contributed by atoms with Crippen molar-refractivity contribution in [2.45, 2.75) is 44.9 Å². The van der Waals surface area contributed by atoms with Crippen molar-refractivity contribution in [3.05, 3.63) is 11.8 Å². The molecule has 0 atom stereocenters. The van der Waals surface area contributed by atoms with Crippen molar-refractivity contribution in [1.82, 2.24) is 9.97 Å². The van der Waals surface area contributed by atoms with E-state index in [1.54, 1.807) is 0 Å². The number of rotatable bonds is 4. The van der Waals surface area contributed by atoms with Crippen molar-refractivity contribution in [2.24, 2.45) is 0 Å². The maximum absolute atomic E-state index is 12.7. The van der Waals surface area contributed by atoms with Gasteiger partial charge in [0.15, 0.2) is 5.69 Å². The number of aromatic nitrogens is 2. The van der Waals surface area contributed by atoms with Gasteiger partial charge in [0.05, 0.1) is 0 Å². The number of halogens is 3. The van der Waals surface area contributed by atoms with E-state index >= 15 is 0 Å². The van der Waals surface area contributed by atoms with Crippen LogP contribution in [0, 0.1) is 0 Å².